The molecular weight excluding hydrogens is 412 g/mol. The molecule has 2 N–H and O–H groups in total. The number of aryl methyl sites for hydroxylation is 1. The van der Waals surface area contributed by atoms with Crippen LogP contribution in [0.15, 0.2) is 24.3 Å². The molecule has 0 aliphatic carbocycles. The van der Waals surface area contributed by atoms with E-state index >= 15 is 0 Å². The lowest BCUT2D eigenvalue weighted by atomic mass is 10.1. The Morgan fingerprint density at radius 1 is 1.03 bits per heavy atom. The molecule has 0 spiro atoms. The number of ether oxygens (including phenoxy) is 2. The number of nitrogens with one attached hydrogen (secondary N) is 2. The molecule has 0 atom stereocenters. The van der Waals surface area contributed by atoms with Gasteiger partial charge in [0.15, 0.2) is 0 Å². The van der Waals surface area contributed by atoms with Crippen LogP contribution in [0.5, 0.6) is 5.75 Å². The quantitative estimate of drug-likeness (QED) is 0.580. The van der Waals surface area contributed by atoms with Crippen molar-refractivity contribution in [2.45, 2.75) is 20.8 Å². The largest absolute Gasteiger partial charge is 0.497 e. The number of thiophene rings is 1. The van der Waals surface area contributed by atoms with Gasteiger partial charge in [-0.2, -0.15) is 0 Å². The van der Waals surface area contributed by atoms with Crippen LogP contribution in [0.25, 0.3) is 0 Å². The first kappa shape index (κ1) is 22.8. The Bertz CT molecular complexity index is 878. The second-order valence-electron chi connectivity index (χ2n) is 6.03. The molecule has 9 heteroatoms. The van der Waals surface area contributed by atoms with E-state index in [9.17, 15) is 14.4 Å². The minimum atomic E-state index is -0.448. The summed E-state index contributed by atoms with van der Waals surface area (Å²) >= 11 is 2.53. The molecule has 7 nitrogen and oxygen atoms in total. The Hall–Kier alpha value is -2.52. The topological polar surface area (TPSA) is 93.7 Å². The second-order valence-corrected chi connectivity index (χ2v) is 8.24. The van der Waals surface area contributed by atoms with Gasteiger partial charge in [-0.15, -0.1) is 23.1 Å². The Labute approximate surface area is 178 Å². The van der Waals surface area contributed by atoms with Crippen LogP contribution in [0, 0.1) is 13.8 Å². The van der Waals surface area contributed by atoms with E-state index in [1.165, 1.54) is 23.1 Å². The van der Waals surface area contributed by atoms with Gasteiger partial charge in [0.1, 0.15) is 10.8 Å². The molecule has 0 radical (unpaired) electrons. The van der Waals surface area contributed by atoms with Gasteiger partial charge in [0.05, 0.1) is 30.8 Å². The van der Waals surface area contributed by atoms with Crippen LogP contribution in [-0.2, 0) is 14.3 Å². The molecule has 0 fully saturated rings. The van der Waals surface area contributed by atoms with Gasteiger partial charge < -0.3 is 20.1 Å². The Morgan fingerprint density at radius 3 is 2.24 bits per heavy atom. The number of benzene rings is 1. The van der Waals surface area contributed by atoms with Gasteiger partial charge in [-0.05, 0) is 50.6 Å². The van der Waals surface area contributed by atoms with Gasteiger partial charge in [0.2, 0.25) is 11.8 Å². The van der Waals surface area contributed by atoms with E-state index in [0.717, 1.165) is 10.4 Å². The third-order valence-corrected chi connectivity index (χ3v) is 6.01. The van der Waals surface area contributed by atoms with Crippen LogP contribution < -0.4 is 15.4 Å². The number of carbonyl (C=O) groups excluding carboxylic acids is 3. The van der Waals surface area contributed by atoms with Gasteiger partial charge in [0, 0.05) is 10.6 Å². The minimum absolute atomic E-state index is 0.0916. The highest BCUT2D eigenvalue weighted by Crippen LogP contribution is 2.33. The third-order valence-electron chi connectivity index (χ3n) is 3.96. The smallest absolute Gasteiger partial charge is 0.341 e. The van der Waals surface area contributed by atoms with Crippen molar-refractivity contribution in [2.75, 3.05) is 35.9 Å². The number of methoxy groups -OCH3 is 1. The number of amides is 2. The molecule has 2 aromatic rings. The molecule has 2 amide bonds. The van der Waals surface area contributed by atoms with Crippen LogP contribution in [0.2, 0.25) is 0 Å². The molecule has 0 unspecified atom stereocenters. The zero-order valence-electron chi connectivity index (χ0n) is 16.8. The van der Waals surface area contributed by atoms with E-state index in [4.69, 9.17) is 9.47 Å². The first-order valence-electron chi connectivity index (χ1n) is 8.94. The van der Waals surface area contributed by atoms with Crippen LogP contribution >= 0.6 is 23.1 Å². The lowest BCUT2D eigenvalue weighted by molar-refractivity contribution is -0.114. The summed E-state index contributed by atoms with van der Waals surface area (Å²) in [4.78, 5) is 37.4. The summed E-state index contributed by atoms with van der Waals surface area (Å²) in [6.07, 6.45) is 0. The first-order valence-corrected chi connectivity index (χ1v) is 10.9. The molecule has 0 saturated carbocycles. The number of carbonyl (C=O) groups is 3. The highest BCUT2D eigenvalue weighted by atomic mass is 32.2. The highest BCUT2D eigenvalue weighted by molar-refractivity contribution is 8.00. The zero-order valence-corrected chi connectivity index (χ0v) is 18.4. The van der Waals surface area contributed by atoms with Crippen LogP contribution in [0.3, 0.4) is 0 Å². The van der Waals surface area contributed by atoms with Crippen LogP contribution in [-0.4, -0.2) is 43.0 Å². The second kappa shape index (κ2) is 10.9. The van der Waals surface area contributed by atoms with E-state index in [0.29, 0.717) is 22.0 Å². The lowest BCUT2D eigenvalue weighted by Gasteiger charge is -2.08. The molecule has 0 aliphatic heterocycles. The van der Waals surface area contributed by atoms with Crippen molar-refractivity contribution < 1.29 is 23.9 Å². The lowest BCUT2D eigenvalue weighted by Crippen LogP contribution is -2.19. The maximum Gasteiger partial charge on any atom is 0.341 e. The maximum atomic E-state index is 12.3. The van der Waals surface area contributed by atoms with E-state index in [-0.39, 0.29) is 29.9 Å². The number of rotatable bonds is 9. The van der Waals surface area contributed by atoms with Gasteiger partial charge >= 0.3 is 5.97 Å². The molecule has 1 aromatic heterocycles. The fourth-order valence-electron chi connectivity index (χ4n) is 2.43. The Kier molecular flexibility index (Phi) is 8.53. The average molecular weight is 437 g/mol. The van der Waals surface area contributed by atoms with Crippen molar-refractivity contribution in [2.24, 2.45) is 0 Å². The predicted octanol–water partition coefficient (Wildman–Crippen LogP) is 3.86. The number of hydrogen-bond acceptors (Lipinski definition) is 7. The predicted molar refractivity (Wildman–Crippen MR) is 117 cm³/mol. The molecule has 1 heterocycles. The van der Waals surface area contributed by atoms with Crippen molar-refractivity contribution in [3.63, 3.8) is 0 Å². The van der Waals surface area contributed by atoms with E-state index in [1.807, 2.05) is 13.8 Å². The first-order chi connectivity index (χ1) is 13.8. The van der Waals surface area contributed by atoms with E-state index in [1.54, 1.807) is 38.3 Å². The molecule has 1 aromatic carbocycles. The Balaban J connectivity index is 1.84. The summed E-state index contributed by atoms with van der Waals surface area (Å²) < 4.78 is 10.1. The molecule has 29 heavy (non-hydrogen) atoms. The normalized spacial score (nSPS) is 10.3. The van der Waals surface area contributed by atoms with Crippen LogP contribution in [0.4, 0.5) is 10.7 Å². The summed E-state index contributed by atoms with van der Waals surface area (Å²) in [6, 6.07) is 6.99. The standard InChI is InChI=1S/C20H24N2O5S2/c1-5-27-20(25)18-12(2)13(3)29-19(18)22-17(24)11-28-10-16(23)21-14-6-8-15(26-4)9-7-14/h6-9H,5,10-11H2,1-4H3,(H,21,23)(H,22,24). The van der Waals surface area contributed by atoms with E-state index in [2.05, 4.69) is 10.6 Å². The molecule has 156 valence electrons. The molecule has 0 aliphatic rings. The summed E-state index contributed by atoms with van der Waals surface area (Å²) in [5.74, 6) is -0.00506. The van der Waals surface area contributed by atoms with Crippen molar-refractivity contribution in [1.29, 1.82) is 0 Å². The summed E-state index contributed by atoms with van der Waals surface area (Å²) in [5.41, 5.74) is 1.85. The van der Waals surface area contributed by atoms with E-state index < -0.39 is 5.97 Å². The number of anilines is 2. The molecule has 0 saturated heterocycles. The number of esters is 1. The highest BCUT2D eigenvalue weighted by Gasteiger charge is 2.22. The number of thioether (sulfide) groups is 1. The van der Waals surface area contributed by atoms with Crippen molar-refractivity contribution in [3.8, 4) is 5.75 Å². The summed E-state index contributed by atoms with van der Waals surface area (Å²) in [5, 5.41) is 6.00. The summed E-state index contributed by atoms with van der Waals surface area (Å²) in [6.45, 7) is 5.71. The number of hydrogen-bond donors (Lipinski definition) is 2. The SMILES string of the molecule is CCOC(=O)c1c(NC(=O)CSCC(=O)Nc2ccc(OC)cc2)sc(C)c1C. The van der Waals surface area contributed by atoms with Crippen molar-refractivity contribution in [3.05, 3.63) is 40.3 Å². The Morgan fingerprint density at radius 2 is 1.66 bits per heavy atom. The summed E-state index contributed by atoms with van der Waals surface area (Å²) in [7, 11) is 1.57. The zero-order chi connectivity index (χ0) is 21.4. The maximum absolute atomic E-state index is 12.3. The van der Waals surface area contributed by atoms with Gasteiger partial charge in [0.25, 0.3) is 0 Å². The average Bonchev–Trinajstić information content (AvgIpc) is 2.96. The van der Waals surface area contributed by atoms with Gasteiger partial charge in [-0.3, -0.25) is 9.59 Å². The van der Waals surface area contributed by atoms with Crippen LogP contribution in [0.1, 0.15) is 27.7 Å². The minimum Gasteiger partial charge on any atom is -0.497 e. The third kappa shape index (κ3) is 6.50. The fraction of sp³-hybridized carbons (Fsp3) is 0.350. The van der Waals surface area contributed by atoms with Crippen molar-refractivity contribution >= 4 is 51.6 Å². The molecular formula is C20H24N2O5S2. The van der Waals surface area contributed by atoms with Gasteiger partial charge in [-0.1, -0.05) is 0 Å². The van der Waals surface area contributed by atoms with Crippen molar-refractivity contribution in [1.82, 2.24) is 0 Å². The molecule has 0 bridgehead atoms. The monoisotopic (exact) mass is 436 g/mol. The molecule has 2 rings (SSSR count). The fourth-order valence-corrected chi connectivity index (χ4v) is 4.12. The van der Waals surface area contributed by atoms with Gasteiger partial charge in [-0.25, -0.2) is 4.79 Å².